The fraction of sp³-hybridized carbons (Fsp3) is 0.667. The standard InChI is InChI=1S/C18H27N3O2S/c1-20(2)15(16-6-4-10-24-16)11-19-17(22)14-5-3-9-21(12-14)18(23)13-7-8-13/h4,6,10,13-15H,3,5,7-9,11-12H2,1-2H3,(H,19,22)/t14-,15+/m0/s1. The first-order valence-corrected chi connectivity index (χ1v) is 9.70. The highest BCUT2D eigenvalue weighted by Gasteiger charge is 2.36. The van der Waals surface area contributed by atoms with Crippen LogP contribution in [0.5, 0.6) is 0 Å². The summed E-state index contributed by atoms with van der Waals surface area (Å²) in [5.74, 6) is 0.528. The number of hydrogen-bond donors (Lipinski definition) is 1. The molecule has 24 heavy (non-hydrogen) atoms. The Morgan fingerprint density at radius 2 is 2.12 bits per heavy atom. The molecular weight excluding hydrogens is 322 g/mol. The molecule has 5 nitrogen and oxygen atoms in total. The topological polar surface area (TPSA) is 52.7 Å². The first-order chi connectivity index (χ1) is 11.6. The van der Waals surface area contributed by atoms with Gasteiger partial charge in [-0.25, -0.2) is 0 Å². The van der Waals surface area contributed by atoms with Crippen LogP contribution in [-0.2, 0) is 9.59 Å². The van der Waals surface area contributed by atoms with Crippen LogP contribution in [0.3, 0.4) is 0 Å². The molecule has 132 valence electrons. The van der Waals surface area contributed by atoms with Crippen molar-refractivity contribution in [3.8, 4) is 0 Å². The Kier molecular flexibility index (Phi) is 5.56. The van der Waals surface area contributed by atoms with Crippen LogP contribution < -0.4 is 5.32 Å². The number of hydrogen-bond acceptors (Lipinski definition) is 4. The number of nitrogens with one attached hydrogen (secondary N) is 1. The van der Waals surface area contributed by atoms with E-state index in [0.717, 1.165) is 32.2 Å². The molecule has 6 heteroatoms. The van der Waals surface area contributed by atoms with Gasteiger partial charge in [-0.15, -0.1) is 11.3 Å². The molecule has 0 bridgehead atoms. The predicted molar refractivity (Wildman–Crippen MR) is 95.8 cm³/mol. The fourth-order valence-electron chi connectivity index (χ4n) is 3.34. The van der Waals surface area contributed by atoms with Crippen LogP contribution in [-0.4, -0.2) is 55.3 Å². The van der Waals surface area contributed by atoms with Gasteiger partial charge in [0.15, 0.2) is 0 Å². The number of nitrogens with zero attached hydrogens (tertiary/aromatic N) is 2. The molecule has 1 saturated carbocycles. The van der Waals surface area contributed by atoms with Crippen molar-refractivity contribution in [2.75, 3.05) is 33.7 Å². The Morgan fingerprint density at radius 1 is 1.33 bits per heavy atom. The minimum absolute atomic E-state index is 0.0624. The molecular formula is C18H27N3O2S. The Balaban J connectivity index is 1.53. The lowest BCUT2D eigenvalue weighted by molar-refractivity contribution is -0.136. The highest BCUT2D eigenvalue weighted by atomic mass is 32.1. The SMILES string of the molecule is CN(C)[C@H](CNC(=O)[C@H]1CCCN(C(=O)C2CC2)C1)c1cccs1. The molecule has 1 saturated heterocycles. The highest BCUT2D eigenvalue weighted by molar-refractivity contribution is 7.10. The molecule has 2 amide bonds. The van der Waals surface area contributed by atoms with Crippen LogP contribution in [0.2, 0.25) is 0 Å². The number of thiophene rings is 1. The summed E-state index contributed by atoms with van der Waals surface area (Å²) in [6, 6.07) is 4.35. The molecule has 0 spiro atoms. The molecule has 2 aliphatic rings. The maximum atomic E-state index is 12.6. The Morgan fingerprint density at radius 3 is 2.75 bits per heavy atom. The summed E-state index contributed by atoms with van der Waals surface area (Å²) in [5, 5.41) is 5.18. The Labute approximate surface area is 148 Å². The zero-order chi connectivity index (χ0) is 17.1. The Hall–Kier alpha value is -1.40. The molecule has 0 aromatic carbocycles. The van der Waals surface area contributed by atoms with Gasteiger partial charge in [0, 0.05) is 30.4 Å². The number of carbonyl (C=O) groups is 2. The smallest absolute Gasteiger partial charge is 0.225 e. The summed E-state index contributed by atoms with van der Waals surface area (Å²) in [6.07, 6.45) is 3.86. The number of rotatable bonds is 6. The lowest BCUT2D eigenvalue weighted by Gasteiger charge is -2.33. The third kappa shape index (κ3) is 4.16. The van der Waals surface area contributed by atoms with Crippen molar-refractivity contribution >= 4 is 23.2 Å². The maximum absolute atomic E-state index is 12.6. The van der Waals surface area contributed by atoms with Gasteiger partial charge in [0.05, 0.1) is 12.0 Å². The summed E-state index contributed by atoms with van der Waals surface area (Å²) in [6.45, 7) is 2.01. The molecule has 1 aliphatic carbocycles. The largest absolute Gasteiger partial charge is 0.354 e. The van der Waals surface area contributed by atoms with Crippen molar-refractivity contribution in [3.05, 3.63) is 22.4 Å². The van der Waals surface area contributed by atoms with Gasteiger partial charge in [0.25, 0.3) is 0 Å². The van der Waals surface area contributed by atoms with Crippen molar-refractivity contribution in [1.29, 1.82) is 0 Å². The molecule has 2 heterocycles. The summed E-state index contributed by atoms with van der Waals surface area (Å²) in [5.41, 5.74) is 0. The van der Waals surface area contributed by atoms with Crippen molar-refractivity contribution < 1.29 is 9.59 Å². The zero-order valence-electron chi connectivity index (χ0n) is 14.5. The van der Waals surface area contributed by atoms with Crippen LogP contribution >= 0.6 is 11.3 Å². The predicted octanol–water partition coefficient (Wildman–Crippen LogP) is 2.12. The summed E-state index contributed by atoms with van der Waals surface area (Å²) in [4.78, 5) is 30.1. The van der Waals surface area contributed by atoms with Gasteiger partial charge in [-0.3, -0.25) is 9.59 Å². The van der Waals surface area contributed by atoms with Crippen LogP contribution in [0, 0.1) is 11.8 Å². The van der Waals surface area contributed by atoms with E-state index < -0.39 is 0 Å². The van der Waals surface area contributed by atoms with Gasteiger partial charge in [-0.2, -0.15) is 0 Å². The molecule has 1 aromatic rings. The van der Waals surface area contributed by atoms with Crippen LogP contribution in [0.25, 0.3) is 0 Å². The van der Waals surface area contributed by atoms with E-state index in [9.17, 15) is 9.59 Å². The number of likely N-dealkylation sites (tertiary alicyclic amines) is 1. The van der Waals surface area contributed by atoms with Gasteiger partial charge < -0.3 is 15.1 Å². The average molecular weight is 350 g/mol. The van der Waals surface area contributed by atoms with Crippen LogP contribution in [0.15, 0.2) is 17.5 Å². The second-order valence-electron chi connectivity index (χ2n) is 7.14. The van der Waals surface area contributed by atoms with E-state index in [2.05, 4.69) is 21.7 Å². The van der Waals surface area contributed by atoms with E-state index in [-0.39, 0.29) is 29.7 Å². The molecule has 1 N–H and O–H groups in total. The third-order valence-electron chi connectivity index (χ3n) is 5.00. The monoisotopic (exact) mass is 349 g/mol. The number of carbonyl (C=O) groups excluding carboxylic acids is 2. The molecule has 1 aromatic heterocycles. The number of amides is 2. The van der Waals surface area contributed by atoms with E-state index in [1.165, 1.54) is 4.88 Å². The third-order valence-corrected chi connectivity index (χ3v) is 5.97. The second kappa shape index (κ2) is 7.66. The first-order valence-electron chi connectivity index (χ1n) is 8.82. The van der Waals surface area contributed by atoms with Crippen molar-refractivity contribution in [2.45, 2.75) is 31.7 Å². The second-order valence-corrected chi connectivity index (χ2v) is 8.12. The van der Waals surface area contributed by atoms with Crippen molar-refractivity contribution in [2.24, 2.45) is 11.8 Å². The van der Waals surface area contributed by atoms with Gasteiger partial charge in [-0.05, 0) is 51.2 Å². The Bertz CT molecular complexity index is 569. The normalized spacial score (nSPS) is 22.5. The number of likely N-dealkylation sites (N-methyl/N-ethyl adjacent to an activating group) is 1. The molecule has 0 radical (unpaired) electrons. The van der Waals surface area contributed by atoms with Crippen molar-refractivity contribution in [1.82, 2.24) is 15.1 Å². The fourth-order valence-corrected chi connectivity index (χ4v) is 4.26. The summed E-state index contributed by atoms with van der Waals surface area (Å²) >= 11 is 1.72. The van der Waals surface area contributed by atoms with Gasteiger partial charge in [0.2, 0.25) is 11.8 Å². The van der Waals surface area contributed by atoms with Gasteiger partial charge in [-0.1, -0.05) is 6.07 Å². The minimum atomic E-state index is -0.0624. The van der Waals surface area contributed by atoms with E-state index in [0.29, 0.717) is 13.1 Å². The zero-order valence-corrected chi connectivity index (χ0v) is 15.3. The molecule has 1 aliphatic heterocycles. The van der Waals surface area contributed by atoms with Crippen LogP contribution in [0.1, 0.15) is 36.6 Å². The molecule has 3 rings (SSSR count). The van der Waals surface area contributed by atoms with E-state index in [1.54, 1.807) is 11.3 Å². The van der Waals surface area contributed by atoms with E-state index in [1.807, 2.05) is 25.1 Å². The van der Waals surface area contributed by atoms with Crippen molar-refractivity contribution in [3.63, 3.8) is 0 Å². The minimum Gasteiger partial charge on any atom is -0.354 e. The molecule has 2 fully saturated rings. The number of piperidine rings is 1. The average Bonchev–Trinajstić information content (AvgIpc) is 3.30. The van der Waals surface area contributed by atoms with Gasteiger partial charge in [0.1, 0.15) is 0 Å². The van der Waals surface area contributed by atoms with E-state index >= 15 is 0 Å². The summed E-state index contributed by atoms with van der Waals surface area (Å²) < 4.78 is 0. The molecule has 2 atom stereocenters. The first kappa shape index (κ1) is 17.4. The molecule has 0 unspecified atom stereocenters. The van der Waals surface area contributed by atoms with Gasteiger partial charge >= 0.3 is 0 Å². The van der Waals surface area contributed by atoms with E-state index in [4.69, 9.17) is 0 Å². The maximum Gasteiger partial charge on any atom is 0.225 e. The highest BCUT2D eigenvalue weighted by Crippen LogP contribution is 2.32. The summed E-state index contributed by atoms with van der Waals surface area (Å²) in [7, 11) is 4.07. The van der Waals surface area contributed by atoms with Crippen LogP contribution in [0.4, 0.5) is 0 Å². The lowest BCUT2D eigenvalue weighted by atomic mass is 9.96. The quantitative estimate of drug-likeness (QED) is 0.856. The lowest BCUT2D eigenvalue weighted by Crippen LogP contribution is -2.47.